The second-order valence-corrected chi connectivity index (χ2v) is 9.99. The summed E-state index contributed by atoms with van der Waals surface area (Å²) < 4.78 is 38.2. The third kappa shape index (κ3) is 5.50. The molecule has 0 saturated carbocycles. The monoisotopic (exact) mass is 469 g/mol. The van der Waals surface area contributed by atoms with Gasteiger partial charge in [0.25, 0.3) is 17.4 Å². The standard InChI is InChI=1S/C20H21ClFN3O5S/c1-31(29,30)10-2-7-24-8-9-25-17(20(24)28)16(22)11-15(19(25)27)18(26)23-12-13-3-5-14(21)6-4-13/h3-6,11H,2,7-10,12H2,1H3,(H,23,26). The summed E-state index contributed by atoms with van der Waals surface area (Å²) in [7, 11) is -3.18. The number of nitrogens with one attached hydrogen (secondary N) is 1. The van der Waals surface area contributed by atoms with E-state index in [1.165, 1.54) is 4.90 Å². The summed E-state index contributed by atoms with van der Waals surface area (Å²) in [6, 6.07) is 7.50. The number of aromatic nitrogens is 1. The summed E-state index contributed by atoms with van der Waals surface area (Å²) in [6.45, 7) is 0.369. The molecule has 0 spiro atoms. The van der Waals surface area contributed by atoms with Crippen molar-refractivity contribution in [2.24, 2.45) is 0 Å². The zero-order valence-corrected chi connectivity index (χ0v) is 18.3. The van der Waals surface area contributed by atoms with Gasteiger partial charge in [-0.05, 0) is 30.2 Å². The van der Waals surface area contributed by atoms with Crippen LogP contribution in [0.15, 0.2) is 35.1 Å². The van der Waals surface area contributed by atoms with E-state index in [0.717, 1.165) is 22.5 Å². The van der Waals surface area contributed by atoms with Crippen LogP contribution in [0.25, 0.3) is 0 Å². The number of pyridine rings is 1. The molecule has 0 unspecified atom stereocenters. The smallest absolute Gasteiger partial charge is 0.273 e. The number of carbonyl (C=O) groups excluding carboxylic acids is 2. The van der Waals surface area contributed by atoms with Crippen molar-refractivity contribution in [3.63, 3.8) is 0 Å². The molecule has 11 heteroatoms. The number of hydrogen-bond donors (Lipinski definition) is 1. The van der Waals surface area contributed by atoms with Crippen molar-refractivity contribution in [1.82, 2.24) is 14.8 Å². The van der Waals surface area contributed by atoms with Gasteiger partial charge in [-0.25, -0.2) is 12.8 Å². The Morgan fingerprint density at radius 2 is 1.87 bits per heavy atom. The fourth-order valence-electron chi connectivity index (χ4n) is 3.31. The quantitative estimate of drug-likeness (QED) is 0.661. The van der Waals surface area contributed by atoms with Crippen LogP contribution < -0.4 is 10.9 Å². The van der Waals surface area contributed by atoms with E-state index < -0.39 is 44.3 Å². The summed E-state index contributed by atoms with van der Waals surface area (Å²) in [5.74, 6) is -2.53. The van der Waals surface area contributed by atoms with E-state index in [1.54, 1.807) is 24.3 Å². The number of benzene rings is 1. The lowest BCUT2D eigenvalue weighted by molar-refractivity contribution is 0.0691. The van der Waals surface area contributed by atoms with Gasteiger partial charge in [-0.2, -0.15) is 0 Å². The first-order chi connectivity index (χ1) is 14.6. The van der Waals surface area contributed by atoms with Crippen molar-refractivity contribution in [2.75, 3.05) is 25.1 Å². The molecule has 1 aromatic heterocycles. The zero-order chi connectivity index (χ0) is 22.8. The predicted molar refractivity (Wildman–Crippen MR) is 114 cm³/mol. The summed E-state index contributed by atoms with van der Waals surface area (Å²) in [5, 5.41) is 3.10. The predicted octanol–water partition coefficient (Wildman–Crippen LogP) is 1.46. The lowest BCUT2D eigenvalue weighted by Gasteiger charge is -2.30. The molecule has 31 heavy (non-hydrogen) atoms. The molecule has 0 aliphatic carbocycles. The maximum absolute atomic E-state index is 14.7. The lowest BCUT2D eigenvalue weighted by atomic mass is 10.1. The molecule has 166 valence electrons. The van der Waals surface area contributed by atoms with Crippen LogP contribution in [0.5, 0.6) is 0 Å². The van der Waals surface area contributed by atoms with E-state index in [4.69, 9.17) is 11.6 Å². The van der Waals surface area contributed by atoms with E-state index in [9.17, 15) is 27.2 Å². The third-order valence-corrected chi connectivity index (χ3v) is 6.16. The first-order valence-electron chi connectivity index (χ1n) is 9.50. The molecule has 0 saturated heterocycles. The van der Waals surface area contributed by atoms with Gasteiger partial charge in [-0.15, -0.1) is 0 Å². The van der Waals surface area contributed by atoms with Crippen molar-refractivity contribution >= 4 is 33.3 Å². The fraction of sp³-hybridized carbons (Fsp3) is 0.350. The highest BCUT2D eigenvalue weighted by atomic mass is 35.5. The molecule has 2 amide bonds. The maximum atomic E-state index is 14.7. The Hall–Kier alpha value is -2.72. The highest BCUT2D eigenvalue weighted by molar-refractivity contribution is 7.90. The molecule has 8 nitrogen and oxygen atoms in total. The minimum Gasteiger partial charge on any atom is -0.348 e. The van der Waals surface area contributed by atoms with Crippen molar-refractivity contribution in [2.45, 2.75) is 19.5 Å². The Morgan fingerprint density at radius 3 is 2.52 bits per heavy atom. The zero-order valence-electron chi connectivity index (χ0n) is 16.7. The molecule has 0 fully saturated rings. The Bertz CT molecular complexity index is 1180. The van der Waals surface area contributed by atoms with Gasteiger partial charge >= 0.3 is 0 Å². The highest BCUT2D eigenvalue weighted by Gasteiger charge is 2.30. The first-order valence-corrected chi connectivity index (χ1v) is 11.9. The minimum absolute atomic E-state index is 0.00794. The van der Waals surface area contributed by atoms with Crippen molar-refractivity contribution in [3.8, 4) is 0 Å². The molecule has 0 atom stereocenters. The second kappa shape index (κ2) is 9.19. The van der Waals surface area contributed by atoms with Gasteiger partial charge < -0.3 is 10.2 Å². The summed E-state index contributed by atoms with van der Waals surface area (Å²) in [5.41, 5.74) is -0.830. The van der Waals surface area contributed by atoms with E-state index in [1.807, 2.05) is 0 Å². The van der Waals surface area contributed by atoms with Crippen LogP contribution in [0.3, 0.4) is 0 Å². The first kappa shape index (κ1) is 23.0. The van der Waals surface area contributed by atoms with Gasteiger partial charge in [-0.3, -0.25) is 19.0 Å². The fourth-order valence-corrected chi connectivity index (χ4v) is 4.09. The molecule has 0 radical (unpaired) electrons. The molecule has 1 aliphatic rings. The number of hydrogen-bond acceptors (Lipinski definition) is 5. The number of fused-ring (bicyclic) bond motifs is 1. The van der Waals surface area contributed by atoms with Crippen molar-refractivity contribution < 1.29 is 22.4 Å². The van der Waals surface area contributed by atoms with Gasteiger partial charge in [0.1, 0.15) is 21.1 Å². The Morgan fingerprint density at radius 1 is 1.19 bits per heavy atom. The van der Waals surface area contributed by atoms with E-state index >= 15 is 0 Å². The Balaban J connectivity index is 1.76. The molecule has 1 aliphatic heterocycles. The average molecular weight is 470 g/mol. The molecule has 2 aromatic rings. The molecular weight excluding hydrogens is 449 g/mol. The SMILES string of the molecule is CS(=O)(=O)CCCN1CCn2c(c(F)cc(C(=O)NCc3ccc(Cl)cc3)c2=O)C1=O. The number of rotatable bonds is 7. The molecule has 3 rings (SSSR count). The normalized spacial score (nSPS) is 13.8. The Labute approximate surface area is 183 Å². The van der Waals surface area contributed by atoms with Gasteiger partial charge in [0.15, 0.2) is 5.82 Å². The Kier molecular flexibility index (Phi) is 6.80. The van der Waals surface area contributed by atoms with E-state index in [0.29, 0.717) is 5.02 Å². The topological polar surface area (TPSA) is 106 Å². The number of nitrogens with zero attached hydrogens (tertiary/aromatic N) is 2. The van der Waals surface area contributed by atoms with Crippen LogP contribution in [0.2, 0.25) is 5.02 Å². The molecular formula is C20H21ClFN3O5S. The van der Waals surface area contributed by atoms with Crippen LogP contribution >= 0.6 is 11.6 Å². The highest BCUT2D eigenvalue weighted by Crippen LogP contribution is 2.16. The number of amides is 2. The van der Waals surface area contributed by atoms with Crippen LogP contribution in [0, 0.1) is 5.82 Å². The lowest BCUT2D eigenvalue weighted by Crippen LogP contribution is -2.47. The van der Waals surface area contributed by atoms with Gasteiger partial charge in [-0.1, -0.05) is 23.7 Å². The van der Waals surface area contributed by atoms with Crippen molar-refractivity contribution in [3.05, 3.63) is 68.3 Å². The summed E-state index contributed by atoms with van der Waals surface area (Å²) >= 11 is 5.82. The second-order valence-electron chi connectivity index (χ2n) is 7.30. The number of halogens is 2. The van der Waals surface area contributed by atoms with Crippen LogP contribution in [0.4, 0.5) is 4.39 Å². The van der Waals surface area contributed by atoms with Gasteiger partial charge in [0.2, 0.25) is 0 Å². The summed E-state index contributed by atoms with van der Waals surface area (Å²) in [4.78, 5) is 39.1. The van der Waals surface area contributed by atoms with Crippen LogP contribution in [-0.4, -0.2) is 54.8 Å². The maximum Gasteiger partial charge on any atom is 0.273 e. The van der Waals surface area contributed by atoms with E-state index in [2.05, 4.69) is 5.32 Å². The summed E-state index contributed by atoms with van der Waals surface area (Å²) in [6.07, 6.45) is 1.31. The molecule has 1 aromatic carbocycles. The molecule has 2 heterocycles. The minimum atomic E-state index is -3.18. The third-order valence-electron chi connectivity index (χ3n) is 4.88. The van der Waals surface area contributed by atoms with E-state index in [-0.39, 0.29) is 38.4 Å². The van der Waals surface area contributed by atoms with Gasteiger partial charge in [0, 0.05) is 37.5 Å². The molecule has 1 N–H and O–H groups in total. The number of carbonyl (C=O) groups is 2. The van der Waals surface area contributed by atoms with Crippen LogP contribution in [0.1, 0.15) is 32.8 Å². The van der Waals surface area contributed by atoms with Crippen molar-refractivity contribution in [1.29, 1.82) is 0 Å². The number of sulfone groups is 1. The average Bonchev–Trinajstić information content (AvgIpc) is 2.70. The largest absolute Gasteiger partial charge is 0.348 e. The van der Waals surface area contributed by atoms with Crippen LogP contribution in [-0.2, 0) is 22.9 Å². The van der Waals surface area contributed by atoms with Gasteiger partial charge in [0.05, 0.1) is 5.75 Å². The molecule has 0 bridgehead atoms.